The van der Waals surface area contributed by atoms with Crippen LogP contribution in [0.2, 0.25) is 0 Å². The summed E-state index contributed by atoms with van der Waals surface area (Å²) in [5.74, 6) is 1.87. The Labute approximate surface area is 86.7 Å². The van der Waals surface area contributed by atoms with Gasteiger partial charge in [-0.1, -0.05) is 5.16 Å². The third kappa shape index (κ3) is 2.49. The van der Waals surface area contributed by atoms with Crippen molar-refractivity contribution >= 4 is 5.82 Å². The summed E-state index contributed by atoms with van der Waals surface area (Å²) in [4.78, 5) is 4.06. The second-order valence-corrected chi connectivity index (χ2v) is 3.20. The maximum Gasteiger partial charge on any atom is 0.223 e. The Hall–Kier alpha value is -1.98. The summed E-state index contributed by atoms with van der Waals surface area (Å²) in [5, 5.41) is 14.6. The van der Waals surface area contributed by atoms with Gasteiger partial charge in [0, 0.05) is 6.92 Å². The molecule has 0 radical (unpaired) electrons. The molecular weight excluding hydrogens is 194 g/mol. The second-order valence-electron chi connectivity index (χ2n) is 3.20. The molecule has 0 atom stereocenters. The van der Waals surface area contributed by atoms with Crippen molar-refractivity contribution in [2.45, 2.75) is 20.4 Å². The second kappa shape index (κ2) is 4.04. The summed E-state index contributed by atoms with van der Waals surface area (Å²) in [6.07, 6.45) is 1.70. The van der Waals surface area contributed by atoms with Crippen molar-refractivity contribution in [3.8, 4) is 0 Å². The maximum atomic E-state index is 4.84. The van der Waals surface area contributed by atoms with Crippen LogP contribution in [0.1, 0.15) is 17.3 Å². The van der Waals surface area contributed by atoms with Crippen molar-refractivity contribution in [3.05, 3.63) is 29.5 Å². The van der Waals surface area contributed by atoms with E-state index in [9.17, 15) is 0 Å². The lowest BCUT2D eigenvalue weighted by Gasteiger charge is -2.01. The van der Waals surface area contributed by atoms with Gasteiger partial charge in [-0.25, -0.2) is 0 Å². The van der Waals surface area contributed by atoms with E-state index in [0.29, 0.717) is 24.1 Å². The molecule has 0 bridgehead atoms. The molecule has 2 heterocycles. The zero-order valence-corrected chi connectivity index (χ0v) is 8.56. The SMILES string of the molecule is Cc1cnnc(NCc2noc(C)n2)c1. The zero-order valence-electron chi connectivity index (χ0n) is 8.56. The summed E-state index contributed by atoms with van der Waals surface area (Å²) in [6.45, 7) is 4.19. The first-order valence-corrected chi connectivity index (χ1v) is 4.56. The molecule has 0 saturated carbocycles. The largest absolute Gasteiger partial charge is 0.361 e. The van der Waals surface area contributed by atoms with Gasteiger partial charge in [-0.2, -0.15) is 10.1 Å². The Balaban J connectivity index is 1.99. The van der Waals surface area contributed by atoms with E-state index in [1.54, 1.807) is 13.1 Å². The summed E-state index contributed by atoms with van der Waals surface area (Å²) in [6, 6.07) is 1.90. The van der Waals surface area contributed by atoms with Crippen molar-refractivity contribution in [2.75, 3.05) is 5.32 Å². The van der Waals surface area contributed by atoms with E-state index in [0.717, 1.165) is 5.56 Å². The molecule has 2 aromatic rings. The molecule has 2 aromatic heterocycles. The Kier molecular flexibility index (Phi) is 2.57. The number of aromatic nitrogens is 4. The molecular formula is C9H11N5O. The van der Waals surface area contributed by atoms with E-state index in [2.05, 4.69) is 25.7 Å². The first-order valence-electron chi connectivity index (χ1n) is 4.56. The Bertz CT molecular complexity index is 453. The first kappa shape index (κ1) is 9.57. The van der Waals surface area contributed by atoms with Gasteiger partial charge in [-0.15, -0.1) is 5.10 Å². The minimum Gasteiger partial charge on any atom is -0.361 e. The molecule has 1 N–H and O–H groups in total. The summed E-state index contributed by atoms with van der Waals surface area (Å²) < 4.78 is 4.84. The third-order valence-corrected chi connectivity index (χ3v) is 1.79. The predicted octanol–water partition coefficient (Wildman–Crippen LogP) is 1.09. The van der Waals surface area contributed by atoms with Crippen molar-refractivity contribution < 1.29 is 4.52 Å². The van der Waals surface area contributed by atoms with Gasteiger partial charge in [0.15, 0.2) is 5.82 Å². The number of hydrogen-bond acceptors (Lipinski definition) is 6. The summed E-state index contributed by atoms with van der Waals surface area (Å²) >= 11 is 0. The van der Waals surface area contributed by atoms with Crippen molar-refractivity contribution in [1.29, 1.82) is 0 Å². The van der Waals surface area contributed by atoms with E-state index in [-0.39, 0.29) is 0 Å². The topological polar surface area (TPSA) is 76.7 Å². The molecule has 0 aliphatic rings. The molecule has 0 fully saturated rings. The van der Waals surface area contributed by atoms with Gasteiger partial charge < -0.3 is 9.84 Å². The summed E-state index contributed by atoms with van der Waals surface area (Å²) in [7, 11) is 0. The monoisotopic (exact) mass is 205 g/mol. The van der Waals surface area contributed by atoms with Crippen LogP contribution >= 0.6 is 0 Å². The van der Waals surface area contributed by atoms with Crippen LogP contribution in [0.4, 0.5) is 5.82 Å². The normalized spacial score (nSPS) is 10.3. The molecule has 6 nitrogen and oxygen atoms in total. The minimum atomic E-state index is 0.482. The molecule has 0 aliphatic carbocycles. The number of rotatable bonds is 3. The molecule has 0 saturated heterocycles. The highest BCUT2D eigenvalue weighted by molar-refractivity contribution is 5.34. The molecule has 0 aliphatic heterocycles. The van der Waals surface area contributed by atoms with Gasteiger partial charge >= 0.3 is 0 Å². The van der Waals surface area contributed by atoms with Crippen molar-refractivity contribution in [2.24, 2.45) is 0 Å². The number of anilines is 1. The molecule has 78 valence electrons. The van der Waals surface area contributed by atoms with Gasteiger partial charge in [-0.05, 0) is 18.6 Å². The van der Waals surface area contributed by atoms with Crippen molar-refractivity contribution in [1.82, 2.24) is 20.3 Å². The summed E-state index contributed by atoms with van der Waals surface area (Å²) in [5.41, 5.74) is 1.05. The lowest BCUT2D eigenvalue weighted by atomic mass is 10.3. The molecule has 0 amide bonds. The fourth-order valence-corrected chi connectivity index (χ4v) is 1.13. The highest BCUT2D eigenvalue weighted by Crippen LogP contribution is 2.04. The number of hydrogen-bond donors (Lipinski definition) is 1. The smallest absolute Gasteiger partial charge is 0.223 e. The highest BCUT2D eigenvalue weighted by Gasteiger charge is 2.02. The number of nitrogens with zero attached hydrogens (tertiary/aromatic N) is 4. The maximum absolute atomic E-state index is 4.84. The fourth-order valence-electron chi connectivity index (χ4n) is 1.13. The van der Waals surface area contributed by atoms with Gasteiger partial charge in [0.2, 0.25) is 5.89 Å². The van der Waals surface area contributed by atoms with Crippen LogP contribution in [0.15, 0.2) is 16.8 Å². The predicted molar refractivity (Wildman–Crippen MR) is 53.1 cm³/mol. The van der Waals surface area contributed by atoms with Crippen LogP contribution < -0.4 is 5.32 Å². The van der Waals surface area contributed by atoms with E-state index in [4.69, 9.17) is 4.52 Å². The fraction of sp³-hybridized carbons (Fsp3) is 0.333. The van der Waals surface area contributed by atoms with Crippen LogP contribution in [0.5, 0.6) is 0 Å². The van der Waals surface area contributed by atoms with Crippen LogP contribution in [0.25, 0.3) is 0 Å². The quantitative estimate of drug-likeness (QED) is 0.808. The lowest BCUT2D eigenvalue weighted by Crippen LogP contribution is -2.03. The average molecular weight is 205 g/mol. The highest BCUT2D eigenvalue weighted by atomic mass is 16.5. The third-order valence-electron chi connectivity index (χ3n) is 1.79. The van der Waals surface area contributed by atoms with Gasteiger partial charge in [0.05, 0.1) is 12.7 Å². The van der Waals surface area contributed by atoms with Crippen LogP contribution in [-0.2, 0) is 6.54 Å². The van der Waals surface area contributed by atoms with Crippen LogP contribution in [-0.4, -0.2) is 20.3 Å². The first-order chi connectivity index (χ1) is 7.24. The van der Waals surface area contributed by atoms with Gasteiger partial charge in [0.25, 0.3) is 0 Å². The minimum absolute atomic E-state index is 0.482. The number of nitrogens with one attached hydrogen (secondary N) is 1. The van der Waals surface area contributed by atoms with Gasteiger partial charge in [0.1, 0.15) is 5.82 Å². The lowest BCUT2D eigenvalue weighted by molar-refractivity contribution is 0.388. The molecule has 6 heteroatoms. The Morgan fingerprint density at radius 1 is 1.40 bits per heavy atom. The molecule has 2 rings (SSSR count). The van der Waals surface area contributed by atoms with E-state index in [1.165, 1.54) is 0 Å². The van der Waals surface area contributed by atoms with E-state index in [1.807, 2.05) is 13.0 Å². The molecule has 15 heavy (non-hydrogen) atoms. The Morgan fingerprint density at radius 3 is 2.93 bits per heavy atom. The van der Waals surface area contributed by atoms with E-state index < -0.39 is 0 Å². The Morgan fingerprint density at radius 2 is 2.27 bits per heavy atom. The van der Waals surface area contributed by atoms with Crippen LogP contribution in [0.3, 0.4) is 0 Å². The van der Waals surface area contributed by atoms with E-state index >= 15 is 0 Å². The molecule has 0 spiro atoms. The molecule has 0 aromatic carbocycles. The average Bonchev–Trinajstić information content (AvgIpc) is 2.62. The van der Waals surface area contributed by atoms with Crippen molar-refractivity contribution in [3.63, 3.8) is 0 Å². The van der Waals surface area contributed by atoms with Crippen LogP contribution in [0, 0.1) is 13.8 Å². The van der Waals surface area contributed by atoms with Gasteiger partial charge in [-0.3, -0.25) is 0 Å². The zero-order chi connectivity index (χ0) is 10.7. The standard InChI is InChI=1S/C9H11N5O/c1-6-3-8(13-11-4-6)10-5-9-12-7(2)15-14-9/h3-4H,5H2,1-2H3,(H,10,13). The molecule has 0 unspecified atom stereocenters. The number of aryl methyl sites for hydroxylation is 2.